The van der Waals surface area contributed by atoms with Crippen LogP contribution in [-0.2, 0) is 58.3 Å². The molecular weight excluding hydrogens is 496 g/mol. The summed E-state index contributed by atoms with van der Waals surface area (Å²) >= 11 is 0. The summed E-state index contributed by atoms with van der Waals surface area (Å²) in [5, 5.41) is 0. The highest BCUT2D eigenvalue weighted by Gasteiger charge is 2.55. The zero-order valence-electron chi connectivity index (χ0n) is 20.9. The van der Waals surface area contributed by atoms with Crippen LogP contribution < -0.4 is 0 Å². The molecule has 0 N–H and O–H groups in total. The van der Waals surface area contributed by atoms with E-state index in [0.717, 1.165) is 11.1 Å². The van der Waals surface area contributed by atoms with Crippen molar-refractivity contribution < 1.29 is 47.5 Å². The van der Waals surface area contributed by atoms with Crippen LogP contribution in [0.3, 0.4) is 0 Å². The summed E-state index contributed by atoms with van der Waals surface area (Å²) < 4.78 is 45.4. The van der Waals surface area contributed by atoms with Crippen molar-refractivity contribution in [3.8, 4) is 0 Å². The molecule has 10 nitrogen and oxygen atoms in total. The van der Waals surface area contributed by atoms with Crippen molar-refractivity contribution in [1.82, 2.24) is 0 Å². The van der Waals surface area contributed by atoms with Crippen molar-refractivity contribution in [2.75, 3.05) is 52.9 Å². The smallest absolute Gasteiger partial charge is 0.319 e. The lowest BCUT2D eigenvalue weighted by Crippen LogP contribution is -2.64. The zero-order valence-corrected chi connectivity index (χ0v) is 20.9. The lowest BCUT2D eigenvalue weighted by atomic mass is 9.81. The van der Waals surface area contributed by atoms with Crippen LogP contribution in [0.4, 0.5) is 0 Å². The van der Waals surface area contributed by atoms with E-state index in [2.05, 4.69) is 0 Å². The van der Waals surface area contributed by atoms with E-state index in [-0.39, 0.29) is 36.9 Å². The van der Waals surface area contributed by atoms with E-state index >= 15 is 0 Å². The van der Waals surface area contributed by atoms with Gasteiger partial charge in [-0.15, -0.1) is 0 Å². The predicted octanol–water partition coefficient (Wildman–Crippen LogP) is 2.19. The minimum absolute atomic E-state index is 0.171. The minimum atomic E-state index is -1.42. The molecule has 0 aromatic heterocycles. The average molecular weight is 527 g/mol. The Balaban J connectivity index is 0.912. The number of ether oxygens (including phenoxy) is 8. The van der Waals surface area contributed by atoms with E-state index in [1.54, 1.807) is 0 Å². The molecular formula is C28H30O10. The van der Waals surface area contributed by atoms with Crippen molar-refractivity contribution in [1.29, 1.82) is 0 Å². The molecule has 2 aromatic carbocycles. The Bertz CT molecular complexity index is 1010. The molecule has 0 saturated carbocycles. The van der Waals surface area contributed by atoms with Gasteiger partial charge in [0.05, 0.1) is 63.3 Å². The van der Waals surface area contributed by atoms with Crippen LogP contribution in [-0.4, -0.2) is 76.7 Å². The molecule has 6 aliphatic heterocycles. The molecule has 0 radical (unpaired) electrons. The molecule has 10 heteroatoms. The van der Waals surface area contributed by atoms with E-state index in [1.165, 1.54) is 0 Å². The molecule has 8 rings (SSSR count). The Morgan fingerprint density at radius 1 is 0.553 bits per heavy atom. The fourth-order valence-electron chi connectivity index (χ4n) is 5.01. The Kier molecular flexibility index (Phi) is 6.71. The Morgan fingerprint density at radius 2 is 0.868 bits per heavy atom. The van der Waals surface area contributed by atoms with E-state index in [4.69, 9.17) is 37.9 Å². The molecule has 6 fully saturated rings. The van der Waals surface area contributed by atoms with Gasteiger partial charge in [-0.05, 0) is 11.1 Å². The summed E-state index contributed by atoms with van der Waals surface area (Å²) in [7, 11) is 0. The first-order chi connectivity index (χ1) is 18.4. The highest BCUT2D eigenvalue weighted by molar-refractivity contribution is 5.77. The van der Waals surface area contributed by atoms with E-state index in [9.17, 15) is 9.59 Å². The topological polar surface area (TPSA) is 108 Å². The van der Waals surface area contributed by atoms with Crippen molar-refractivity contribution >= 4 is 11.9 Å². The van der Waals surface area contributed by atoms with Crippen LogP contribution in [0.2, 0.25) is 0 Å². The third-order valence-corrected chi connectivity index (χ3v) is 7.54. The number of fused-ring (bicyclic) bond motifs is 6. The van der Waals surface area contributed by atoms with Gasteiger partial charge in [0.2, 0.25) is 0 Å². The third kappa shape index (κ3) is 4.84. The number of carbonyl (C=O) groups is 2. The molecule has 2 aromatic rings. The van der Waals surface area contributed by atoms with Gasteiger partial charge in [0.25, 0.3) is 0 Å². The molecule has 202 valence electrons. The molecule has 0 aliphatic carbocycles. The van der Waals surface area contributed by atoms with Crippen LogP contribution in [0, 0.1) is 0 Å². The fraction of sp³-hybridized carbons (Fsp3) is 0.500. The second kappa shape index (κ2) is 10.0. The monoisotopic (exact) mass is 526 g/mol. The minimum Gasteiger partial charge on any atom is -0.457 e. The summed E-state index contributed by atoms with van der Waals surface area (Å²) in [6.45, 7) is 1.88. The van der Waals surface area contributed by atoms with Gasteiger partial charge in [-0.25, -0.2) is 0 Å². The highest BCUT2D eigenvalue weighted by Crippen LogP contribution is 2.42. The van der Waals surface area contributed by atoms with Gasteiger partial charge in [-0.3, -0.25) is 9.59 Å². The molecule has 0 unspecified atom stereocenters. The fourth-order valence-corrected chi connectivity index (χ4v) is 5.01. The molecule has 6 aliphatic rings. The number of benzene rings is 2. The maximum Gasteiger partial charge on any atom is 0.319 e. The second-order valence-electron chi connectivity index (χ2n) is 10.2. The second-order valence-corrected chi connectivity index (χ2v) is 10.2. The number of hydrogen-bond acceptors (Lipinski definition) is 10. The Labute approximate surface area is 220 Å². The molecule has 6 heterocycles. The maximum absolute atomic E-state index is 12.3. The van der Waals surface area contributed by atoms with Crippen LogP contribution >= 0.6 is 0 Å². The molecule has 0 amide bonds. The van der Waals surface area contributed by atoms with Crippen molar-refractivity contribution in [3.63, 3.8) is 0 Å². The average Bonchev–Trinajstić information content (AvgIpc) is 3.01. The maximum atomic E-state index is 12.3. The molecule has 4 bridgehead atoms. The Morgan fingerprint density at radius 3 is 1.18 bits per heavy atom. The first kappa shape index (κ1) is 25.4. The highest BCUT2D eigenvalue weighted by atomic mass is 16.9. The standard InChI is InChI=1S/C28H30O10/c29-23(31-19-27-33-13-25(14-34-27,15-35-27)21-7-3-1-4-8-21)11-12-24(30)32-20-28-36-16-26(17-37-28,18-38-28)22-9-5-2-6-10-22/h1-10H,11-20H2. The van der Waals surface area contributed by atoms with Gasteiger partial charge >= 0.3 is 23.9 Å². The largest absolute Gasteiger partial charge is 0.457 e. The van der Waals surface area contributed by atoms with Gasteiger partial charge in [0.1, 0.15) is 0 Å². The number of carbonyl (C=O) groups excluding carboxylic acids is 2. The lowest BCUT2D eigenvalue weighted by molar-refractivity contribution is -0.461. The molecule has 0 spiro atoms. The van der Waals surface area contributed by atoms with Gasteiger partial charge in [-0.1, -0.05) is 60.7 Å². The van der Waals surface area contributed by atoms with Crippen LogP contribution in [0.1, 0.15) is 24.0 Å². The molecule has 0 atom stereocenters. The van der Waals surface area contributed by atoms with Crippen molar-refractivity contribution in [2.45, 2.75) is 35.6 Å². The summed E-state index contributed by atoms with van der Waals surface area (Å²) in [4.78, 5) is 24.6. The Hall–Kier alpha value is -2.86. The summed E-state index contributed by atoms with van der Waals surface area (Å²) in [6, 6.07) is 19.8. The lowest BCUT2D eigenvalue weighted by Gasteiger charge is -2.51. The van der Waals surface area contributed by atoms with Gasteiger partial charge in [-0.2, -0.15) is 0 Å². The van der Waals surface area contributed by atoms with Gasteiger partial charge < -0.3 is 37.9 Å². The third-order valence-electron chi connectivity index (χ3n) is 7.54. The first-order valence-electron chi connectivity index (χ1n) is 12.7. The van der Waals surface area contributed by atoms with E-state index < -0.39 is 23.9 Å². The number of esters is 2. The van der Waals surface area contributed by atoms with Gasteiger partial charge in [0, 0.05) is 0 Å². The van der Waals surface area contributed by atoms with Crippen LogP contribution in [0.25, 0.3) is 0 Å². The van der Waals surface area contributed by atoms with Crippen molar-refractivity contribution in [2.24, 2.45) is 0 Å². The molecule has 38 heavy (non-hydrogen) atoms. The predicted molar refractivity (Wildman–Crippen MR) is 129 cm³/mol. The number of hydrogen-bond donors (Lipinski definition) is 0. The first-order valence-corrected chi connectivity index (χ1v) is 12.7. The quantitative estimate of drug-likeness (QED) is 0.451. The zero-order chi connectivity index (χ0) is 26.1. The normalized spacial score (nSPS) is 33.6. The van der Waals surface area contributed by atoms with Crippen molar-refractivity contribution in [3.05, 3.63) is 71.8 Å². The number of rotatable bonds is 9. The van der Waals surface area contributed by atoms with E-state index in [0.29, 0.717) is 39.6 Å². The summed E-state index contributed by atoms with van der Waals surface area (Å²) in [5.74, 6) is -4.03. The molecule has 6 saturated heterocycles. The SMILES string of the molecule is O=C(CCC(=O)OCC12OCC(c3ccccc3)(CO1)CO2)OCC12OCC(c3ccccc3)(CO1)CO2. The van der Waals surface area contributed by atoms with Gasteiger partial charge in [0.15, 0.2) is 13.2 Å². The van der Waals surface area contributed by atoms with E-state index in [1.807, 2.05) is 60.7 Å². The summed E-state index contributed by atoms with van der Waals surface area (Å²) in [6.07, 6.45) is -0.342. The van der Waals surface area contributed by atoms with Crippen LogP contribution in [0.5, 0.6) is 0 Å². The summed E-state index contributed by atoms with van der Waals surface area (Å²) in [5.41, 5.74) is 1.38. The van der Waals surface area contributed by atoms with Crippen LogP contribution in [0.15, 0.2) is 60.7 Å².